The quantitative estimate of drug-likeness (QED) is 0.809. The molecule has 1 aliphatic heterocycles. The Morgan fingerprint density at radius 1 is 1.50 bits per heavy atom. The van der Waals surface area contributed by atoms with Crippen LogP contribution in [0.15, 0.2) is 29.3 Å². The Hall–Kier alpha value is -1.04. The van der Waals surface area contributed by atoms with E-state index in [1.54, 1.807) is 13.2 Å². The first-order chi connectivity index (χ1) is 9.69. The fourth-order valence-corrected chi connectivity index (χ4v) is 3.23. The van der Waals surface area contributed by atoms with Crippen molar-refractivity contribution in [2.75, 3.05) is 33.3 Å². The Morgan fingerprint density at radius 2 is 2.20 bits per heavy atom. The van der Waals surface area contributed by atoms with Crippen molar-refractivity contribution in [1.82, 2.24) is 10.2 Å². The van der Waals surface area contributed by atoms with Gasteiger partial charge in [-0.1, -0.05) is 22.0 Å². The molecule has 0 aliphatic carbocycles. The number of aromatic hydroxyl groups is 1. The number of phenolic OH excluding ortho intramolecular Hbond substituents is 1. The van der Waals surface area contributed by atoms with Gasteiger partial charge in [-0.25, -0.2) is 0 Å². The van der Waals surface area contributed by atoms with E-state index in [9.17, 15) is 5.11 Å². The van der Waals surface area contributed by atoms with Gasteiger partial charge in [0.05, 0.1) is 7.11 Å². The fourth-order valence-electron chi connectivity index (χ4n) is 2.65. The lowest BCUT2D eigenvalue weighted by Crippen LogP contribution is -2.45. The van der Waals surface area contributed by atoms with Gasteiger partial charge in [0.1, 0.15) is 0 Å². The predicted octanol–water partition coefficient (Wildman–Crippen LogP) is 2.69. The van der Waals surface area contributed by atoms with Crippen LogP contribution in [-0.4, -0.2) is 43.3 Å². The van der Waals surface area contributed by atoms with Gasteiger partial charge in [-0.15, -0.1) is 6.58 Å². The standard InChI is InChI=1S/C15H21BrN2O2/c1-3-4-12(18-9-7-17-8-10-18)14-11(16)5-6-13(20-2)15(14)19/h3,5-6,12,17,19H,1,4,7-10H2,2H3/t12-/m1/s1. The lowest BCUT2D eigenvalue weighted by atomic mass is 9.99. The largest absolute Gasteiger partial charge is 0.504 e. The van der Waals surface area contributed by atoms with Crippen molar-refractivity contribution in [3.8, 4) is 11.5 Å². The molecule has 2 rings (SSSR count). The van der Waals surface area contributed by atoms with E-state index in [0.29, 0.717) is 5.75 Å². The first-order valence-corrected chi connectivity index (χ1v) is 7.59. The molecule has 20 heavy (non-hydrogen) atoms. The third kappa shape index (κ3) is 3.16. The number of ether oxygens (including phenoxy) is 1. The summed E-state index contributed by atoms with van der Waals surface area (Å²) in [5, 5.41) is 13.8. The van der Waals surface area contributed by atoms with Gasteiger partial charge < -0.3 is 15.2 Å². The first kappa shape index (κ1) is 15.4. The summed E-state index contributed by atoms with van der Waals surface area (Å²) in [4.78, 5) is 2.37. The number of phenols is 1. The lowest BCUT2D eigenvalue weighted by molar-refractivity contribution is 0.171. The highest BCUT2D eigenvalue weighted by atomic mass is 79.9. The highest BCUT2D eigenvalue weighted by molar-refractivity contribution is 9.10. The number of methoxy groups -OCH3 is 1. The number of nitrogens with one attached hydrogen (secondary N) is 1. The molecule has 1 heterocycles. The molecule has 1 aromatic rings. The Morgan fingerprint density at radius 3 is 2.80 bits per heavy atom. The van der Waals surface area contributed by atoms with Gasteiger partial charge >= 0.3 is 0 Å². The maximum atomic E-state index is 10.5. The molecule has 1 atom stereocenters. The maximum absolute atomic E-state index is 10.5. The smallest absolute Gasteiger partial charge is 0.163 e. The molecule has 0 saturated carbocycles. The molecule has 1 aromatic carbocycles. The van der Waals surface area contributed by atoms with Crippen molar-refractivity contribution < 1.29 is 9.84 Å². The highest BCUT2D eigenvalue weighted by Gasteiger charge is 2.26. The minimum Gasteiger partial charge on any atom is -0.504 e. The van der Waals surface area contributed by atoms with Gasteiger partial charge in [-0.2, -0.15) is 0 Å². The molecule has 2 N–H and O–H groups in total. The summed E-state index contributed by atoms with van der Waals surface area (Å²) in [7, 11) is 1.57. The number of halogens is 1. The number of piperazine rings is 1. The van der Waals surface area contributed by atoms with E-state index in [0.717, 1.165) is 42.6 Å². The minimum atomic E-state index is 0.110. The van der Waals surface area contributed by atoms with E-state index >= 15 is 0 Å². The Bertz CT molecular complexity index is 473. The van der Waals surface area contributed by atoms with E-state index in [1.165, 1.54) is 0 Å². The van der Waals surface area contributed by atoms with Crippen LogP contribution in [0.2, 0.25) is 0 Å². The van der Waals surface area contributed by atoms with Crippen LogP contribution in [0, 0.1) is 0 Å². The Labute approximate surface area is 128 Å². The lowest BCUT2D eigenvalue weighted by Gasteiger charge is -2.35. The van der Waals surface area contributed by atoms with E-state index in [-0.39, 0.29) is 11.8 Å². The molecule has 0 unspecified atom stereocenters. The summed E-state index contributed by atoms with van der Waals surface area (Å²) in [6.07, 6.45) is 2.69. The highest BCUT2D eigenvalue weighted by Crippen LogP contribution is 2.42. The number of hydrogen-bond acceptors (Lipinski definition) is 4. The van der Waals surface area contributed by atoms with Gasteiger partial charge in [0.15, 0.2) is 11.5 Å². The fraction of sp³-hybridized carbons (Fsp3) is 0.467. The van der Waals surface area contributed by atoms with Crippen molar-refractivity contribution in [3.05, 3.63) is 34.8 Å². The summed E-state index contributed by atoms with van der Waals surface area (Å²) in [5.74, 6) is 0.722. The molecular weight excluding hydrogens is 320 g/mol. The summed E-state index contributed by atoms with van der Waals surface area (Å²) >= 11 is 3.56. The van der Waals surface area contributed by atoms with Crippen molar-refractivity contribution in [1.29, 1.82) is 0 Å². The monoisotopic (exact) mass is 340 g/mol. The van der Waals surface area contributed by atoms with Crippen LogP contribution < -0.4 is 10.1 Å². The van der Waals surface area contributed by atoms with Gasteiger partial charge in [0.25, 0.3) is 0 Å². The van der Waals surface area contributed by atoms with Crippen LogP contribution in [-0.2, 0) is 0 Å². The average Bonchev–Trinajstić information content (AvgIpc) is 2.47. The van der Waals surface area contributed by atoms with Crippen LogP contribution in [0.3, 0.4) is 0 Å². The molecule has 0 amide bonds. The van der Waals surface area contributed by atoms with Crippen LogP contribution in [0.5, 0.6) is 11.5 Å². The third-order valence-corrected chi connectivity index (χ3v) is 4.35. The van der Waals surface area contributed by atoms with Gasteiger partial charge in [0, 0.05) is 42.3 Å². The van der Waals surface area contributed by atoms with Crippen molar-refractivity contribution in [3.63, 3.8) is 0 Å². The maximum Gasteiger partial charge on any atom is 0.163 e. The summed E-state index contributed by atoms with van der Waals surface area (Å²) in [5.41, 5.74) is 0.881. The number of rotatable bonds is 5. The number of nitrogens with zero attached hydrogens (tertiary/aromatic N) is 1. The molecule has 0 aromatic heterocycles. The predicted molar refractivity (Wildman–Crippen MR) is 84.4 cm³/mol. The zero-order valence-electron chi connectivity index (χ0n) is 11.7. The van der Waals surface area contributed by atoms with Crippen LogP contribution in [0.4, 0.5) is 0 Å². The zero-order valence-corrected chi connectivity index (χ0v) is 13.3. The molecule has 4 nitrogen and oxygen atoms in total. The SMILES string of the molecule is C=CC[C@H](c1c(Br)ccc(OC)c1O)N1CCNCC1. The number of benzene rings is 1. The topological polar surface area (TPSA) is 44.7 Å². The second-order valence-corrected chi connectivity index (χ2v) is 5.69. The van der Waals surface area contributed by atoms with Crippen LogP contribution in [0.25, 0.3) is 0 Å². The minimum absolute atomic E-state index is 0.110. The zero-order chi connectivity index (χ0) is 14.5. The second-order valence-electron chi connectivity index (χ2n) is 4.84. The molecule has 1 saturated heterocycles. The van der Waals surface area contributed by atoms with E-state index < -0.39 is 0 Å². The molecule has 1 fully saturated rings. The second kappa shape index (κ2) is 7.11. The molecule has 0 bridgehead atoms. The Kier molecular flexibility index (Phi) is 5.46. The van der Waals surface area contributed by atoms with Crippen LogP contribution >= 0.6 is 15.9 Å². The van der Waals surface area contributed by atoms with Gasteiger partial charge in [-0.05, 0) is 18.6 Å². The van der Waals surface area contributed by atoms with Crippen LogP contribution in [0.1, 0.15) is 18.0 Å². The third-order valence-electron chi connectivity index (χ3n) is 3.66. The molecule has 0 spiro atoms. The van der Waals surface area contributed by atoms with Crippen molar-refractivity contribution in [2.45, 2.75) is 12.5 Å². The summed E-state index contributed by atoms with van der Waals surface area (Å²) in [6.45, 7) is 7.71. The molecule has 0 radical (unpaired) electrons. The normalized spacial score (nSPS) is 17.7. The molecular formula is C15H21BrN2O2. The van der Waals surface area contributed by atoms with Crippen molar-refractivity contribution >= 4 is 15.9 Å². The summed E-state index contributed by atoms with van der Waals surface area (Å²) < 4.78 is 6.13. The molecule has 110 valence electrons. The number of hydrogen-bond donors (Lipinski definition) is 2. The van der Waals surface area contributed by atoms with Gasteiger partial charge in [0.2, 0.25) is 0 Å². The first-order valence-electron chi connectivity index (χ1n) is 6.80. The van der Waals surface area contributed by atoms with E-state index in [1.807, 2.05) is 12.1 Å². The molecule has 1 aliphatic rings. The van der Waals surface area contributed by atoms with E-state index in [4.69, 9.17) is 4.74 Å². The van der Waals surface area contributed by atoms with E-state index in [2.05, 4.69) is 32.7 Å². The summed E-state index contributed by atoms with van der Waals surface area (Å²) in [6, 6.07) is 3.80. The Balaban J connectivity index is 2.39. The van der Waals surface area contributed by atoms with Crippen molar-refractivity contribution in [2.24, 2.45) is 0 Å². The average molecular weight is 341 g/mol. The molecule has 5 heteroatoms. The van der Waals surface area contributed by atoms with Gasteiger partial charge in [-0.3, -0.25) is 4.90 Å².